The van der Waals surface area contributed by atoms with Crippen LogP contribution in [0.2, 0.25) is 5.02 Å². The fraction of sp³-hybridized carbons (Fsp3) is 0.0526. The molecular weight excluding hydrogens is 366 g/mol. The first-order valence-corrected chi connectivity index (χ1v) is 9.58. The molecule has 0 aromatic heterocycles. The highest BCUT2D eigenvalue weighted by Crippen LogP contribution is 2.34. The average Bonchev–Trinajstić information content (AvgIpc) is 2.57. The Morgan fingerprint density at radius 3 is 1.56 bits per heavy atom. The highest BCUT2D eigenvalue weighted by molar-refractivity contribution is 7.90. The zero-order valence-electron chi connectivity index (χ0n) is 13.1. The van der Waals surface area contributed by atoms with Crippen LogP contribution in [0.3, 0.4) is 0 Å². The number of sulfone groups is 1. The minimum Gasteiger partial charge on any atom is -0.224 e. The van der Waals surface area contributed by atoms with Crippen LogP contribution in [0.1, 0.15) is 0 Å². The van der Waals surface area contributed by atoms with Crippen LogP contribution in [0, 0.1) is 11.6 Å². The van der Waals surface area contributed by atoms with Crippen molar-refractivity contribution in [2.75, 3.05) is 6.26 Å². The standard InChI is InChI=1S/C19H13ClF2O2S/c1-25(23,24)15-8-4-13(5-9-15)17-11-19(22)18(21)10-16(17)12-2-6-14(20)7-3-12/h2-11H,1H3. The quantitative estimate of drug-likeness (QED) is 0.615. The van der Waals surface area contributed by atoms with Crippen LogP contribution >= 0.6 is 11.6 Å². The summed E-state index contributed by atoms with van der Waals surface area (Å²) in [6.07, 6.45) is 1.11. The van der Waals surface area contributed by atoms with Crippen LogP contribution in [-0.4, -0.2) is 14.7 Å². The second-order valence-corrected chi connectivity index (χ2v) is 8.07. The Morgan fingerprint density at radius 2 is 1.16 bits per heavy atom. The Bertz CT molecular complexity index is 1030. The summed E-state index contributed by atoms with van der Waals surface area (Å²) in [5, 5.41) is 0.533. The Labute approximate surface area is 149 Å². The fourth-order valence-electron chi connectivity index (χ4n) is 2.54. The molecular formula is C19H13ClF2O2S. The molecule has 0 heterocycles. The number of halogens is 3. The summed E-state index contributed by atoms with van der Waals surface area (Å²) in [6.45, 7) is 0. The largest absolute Gasteiger partial charge is 0.224 e. The van der Waals surface area contributed by atoms with E-state index in [1.54, 1.807) is 36.4 Å². The van der Waals surface area contributed by atoms with Crippen molar-refractivity contribution in [3.63, 3.8) is 0 Å². The molecule has 0 aliphatic rings. The van der Waals surface area contributed by atoms with Crippen molar-refractivity contribution in [3.8, 4) is 22.3 Å². The fourth-order valence-corrected chi connectivity index (χ4v) is 3.29. The van der Waals surface area contributed by atoms with Gasteiger partial charge in [-0.1, -0.05) is 35.9 Å². The maximum Gasteiger partial charge on any atom is 0.175 e. The number of rotatable bonds is 3. The number of hydrogen-bond donors (Lipinski definition) is 0. The smallest absolute Gasteiger partial charge is 0.175 e. The monoisotopic (exact) mass is 378 g/mol. The van der Waals surface area contributed by atoms with Crippen LogP contribution in [0.5, 0.6) is 0 Å². The van der Waals surface area contributed by atoms with Crippen molar-refractivity contribution < 1.29 is 17.2 Å². The molecule has 0 fully saturated rings. The van der Waals surface area contributed by atoms with Crippen LogP contribution in [0.4, 0.5) is 8.78 Å². The molecule has 25 heavy (non-hydrogen) atoms. The van der Waals surface area contributed by atoms with Gasteiger partial charge in [-0.3, -0.25) is 0 Å². The summed E-state index contributed by atoms with van der Waals surface area (Å²) in [5.74, 6) is -1.93. The van der Waals surface area contributed by atoms with Gasteiger partial charge in [0.15, 0.2) is 21.5 Å². The lowest BCUT2D eigenvalue weighted by Crippen LogP contribution is -1.97. The van der Waals surface area contributed by atoms with Gasteiger partial charge in [0.1, 0.15) is 0 Å². The first-order valence-electron chi connectivity index (χ1n) is 7.31. The SMILES string of the molecule is CS(=O)(=O)c1ccc(-c2cc(F)c(F)cc2-c2ccc(Cl)cc2)cc1. The summed E-state index contributed by atoms with van der Waals surface area (Å²) in [6, 6.07) is 15.0. The van der Waals surface area contributed by atoms with E-state index in [1.165, 1.54) is 12.1 Å². The van der Waals surface area contributed by atoms with E-state index in [0.717, 1.165) is 18.4 Å². The molecule has 0 bridgehead atoms. The van der Waals surface area contributed by atoms with E-state index in [-0.39, 0.29) is 4.90 Å². The topological polar surface area (TPSA) is 34.1 Å². The minimum absolute atomic E-state index is 0.159. The Balaban J connectivity index is 2.18. The van der Waals surface area contributed by atoms with E-state index < -0.39 is 21.5 Å². The van der Waals surface area contributed by atoms with Crippen molar-refractivity contribution >= 4 is 21.4 Å². The second-order valence-electron chi connectivity index (χ2n) is 5.62. The van der Waals surface area contributed by atoms with Crippen molar-refractivity contribution in [3.05, 3.63) is 77.3 Å². The zero-order valence-corrected chi connectivity index (χ0v) is 14.7. The molecule has 0 spiro atoms. The Kier molecular flexibility index (Phi) is 4.62. The molecule has 0 saturated carbocycles. The number of benzene rings is 3. The van der Waals surface area contributed by atoms with Crippen molar-refractivity contribution in [1.29, 1.82) is 0 Å². The van der Waals surface area contributed by atoms with Gasteiger partial charge >= 0.3 is 0 Å². The van der Waals surface area contributed by atoms with Crippen LogP contribution in [-0.2, 0) is 9.84 Å². The van der Waals surface area contributed by atoms with Crippen LogP contribution in [0.25, 0.3) is 22.3 Å². The lowest BCUT2D eigenvalue weighted by atomic mass is 9.94. The van der Waals surface area contributed by atoms with Gasteiger partial charge in [-0.05, 0) is 58.7 Å². The van der Waals surface area contributed by atoms with Crippen molar-refractivity contribution in [2.24, 2.45) is 0 Å². The van der Waals surface area contributed by atoms with Gasteiger partial charge in [0.2, 0.25) is 0 Å². The van der Waals surface area contributed by atoms with Crippen LogP contribution in [0.15, 0.2) is 65.6 Å². The highest BCUT2D eigenvalue weighted by Gasteiger charge is 2.14. The normalized spacial score (nSPS) is 11.5. The minimum atomic E-state index is -3.33. The molecule has 128 valence electrons. The molecule has 0 N–H and O–H groups in total. The first-order chi connectivity index (χ1) is 11.8. The molecule has 3 aromatic carbocycles. The van der Waals surface area contributed by atoms with Gasteiger partial charge in [0, 0.05) is 11.3 Å². The Morgan fingerprint density at radius 1 is 0.760 bits per heavy atom. The summed E-state index contributed by atoms with van der Waals surface area (Å²) in [4.78, 5) is 0.159. The summed E-state index contributed by atoms with van der Waals surface area (Å²) in [7, 11) is -3.33. The highest BCUT2D eigenvalue weighted by atomic mass is 35.5. The van der Waals surface area contributed by atoms with Crippen molar-refractivity contribution in [2.45, 2.75) is 4.90 Å². The molecule has 0 saturated heterocycles. The lowest BCUT2D eigenvalue weighted by molar-refractivity contribution is 0.509. The first kappa shape index (κ1) is 17.6. The van der Waals surface area contributed by atoms with E-state index in [0.29, 0.717) is 27.3 Å². The van der Waals surface area contributed by atoms with Gasteiger partial charge in [0.05, 0.1) is 4.90 Å². The van der Waals surface area contributed by atoms with E-state index in [9.17, 15) is 17.2 Å². The third-order valence-corrected chi connectivity index (χ3v) is 5.19. The maximum atomic E-state index is 13.8. The summed E-state index contributed by atoms with van der Waals surface area (Å²) >= 11 is 5.88. The maximum absolute atomic E-state index is 13.8. The molecule has 0 aliphatic carbocycles. The molecule has 0 atom stereocenters. The van der Waals surface area contributed by atoms with E-state index in [2.05, 4.69) is 0 Å². The van der Waals surface area contributed by atoms with Gasteiger partial charge in [-0.2, -0.15) is 0 Å². The molecule has 3 rings (SSSR count). The summed E-state index contributed by atoms with van der Waals surface area (Å²) < 4.78 is 50.7. The van der Waals surface area contributed by atoms with E-state index >= 15 is 0 Å². The predicted octanol–water partition coefficient (Wildman–Crippen LogP) is 5.36. The molecule has 6 heteroatoms. The molecule has 0 aliphatic heterocycles. The molecule has 0 amide bonds. The zero-order chi connectivity index (χ0) is 18.2. The van der Waals surface area contributed by atoms with E-state index in [4.69, 9.17) is 11.6 Å². The molecule has 0 unspecified atom stereocenters. The third kappa shape index (κ3) is 3.72. The number of hydrogen-bond acceptors (Lipinski definition) is 2. The van der Waals surface area contributed by atoms with Gasteiger partial charge in [-0.25, -0.2) is 17.2 Å². The lowest BCUT2D eigenvalue weighted by Gasteiger charge is -2.12. The van der Waals surface area contributed by atoms with Crippen molar-refractivity contribution in [1.82, 2.24) is 0 Å². The van der Waals surface area contributed by atoms with E-state index in [1.807, 2.05) is 0 Å². The third-order valence-electron chi connectivity index (χ3n) is 3.81. The average molecular weight is 379 g/mol. The predicted molar refractivity (Wildman–Crippen MR) is 95.3 cm³/mol. The second kappa shape index (κ2) is 6.58. The molecule has 0 radical (unpaired) electrons. The van der Waals surface area contributed by atoms with Gasteiger partial charge in [0.25, 0.3) is 0 Å². The van der Waals surface area contributed by atoms with Gasteiger partial charge in [-0.15, -0.1) is 0 Å². The Hall–Kier alpha value is -2.24. The van der Waals surface area contributed by atoms with Crippen LogP contribution < -0.4 is 0 Å². The molecule has 2 nitrogen and oxygen atoms in total. The summed E-state index contributed by atoms with van der Waals surface area (Å²) in [5.41, 5.74) is 2.20. The molecule has 3 aromatic rings. The van der Waals surface area contributed by atoms with Gasteiger partial charge < -0.3 is 0 Å².